The normalized spacial score (nSPS) is 12.2. The van der Waals surface area contributed by atoms with Crippen molar-refractivity contribution in [1.82, 2.24) is 0 Å². The zero-order chi connectivity index (χ0) is 14.7. The van der Waals surface area contributed by atoms with E-state index in [1.165, 1.54) is 9.75 Å². The Hall–Kier alpha value is -1.33. The van der Waals surface area contributed by atoms with E-state index in [0.29, 0.717) is 10.2 Å². The lowest BCUT2D eigenvalue weighted by Gasteiger charge is -2.17. The van der Waals surface area contributed by atoms with Crippen molar-refractivity contribution in [2.45, 2.75) is 26.3 Å². The molecule has 1 unspecified atom stereocenters. The molecule has 0 fully saturated rings. The van der Waals surface area contributed by atoms with Gasteiger partial charge in [-0.1, -0.05) is 6.07 Å². The molecule has 0 radical (unpaired) electrons. The van der Waals surface area contributed by atoms with Gasteiger partial charge in [-0.25, -0.2) is 4.79 Å². The lowest BCUT2D eigenvalue weighted by atomic mass is 10.1. The predicted octanol–water partition coefficient (Wildman–Crippen LogP) is 4.56. The van der Waals surface area contributed by atoms with Gasteiger partial charge in [-0.05, 0) is 54.0 Å². The van der Waals surface area contributed by atoms with E-state index in [9.17, 15) is 9.90 Å². The fourth-order valence-corrected chi connectivity index (χ4v) is 3.63. The number of carboxylic acids is 1. The maximum atomic E-state index is 11.3. The predicted molar refractivity (Wildman–Crippen MR) is 86.9 cm³/mol. The van der Waals surface area contributed by atoms with E-state index in [2.05, 4.69) is 47.2 Å². The van der Waals surface area contributed by atoms with E-state index in [1.54, 1.807) is 23.5 Å². The zero-order valence-corrected chi connectivity index (χ0v) is 13.7. The third kappa shape index (κ3) is 3.61. The number of aryl methyl sites for hydroxylation is 1. The molecule has 1 aromatic heterocycles. The number of carboxylic acid groups (broad SMARTS) is 1. The smallest absolute Gasteiger partial charge is 0.338 e. The van der Waals surface area contributed by atoms with Crippen LogP contribution in [0.15, 0.2) is 34.8 Å². The molecular formula is C15H16BrNO2S. The summed E-state index contributed by atoms with van der Waals surface area (Å²) < 4.78 is 0.592. The first-order valence-corrected chi connectivity index (χ1v) is 7.92. The van der Waals surface area contributed by atoms with E-state index in [0.717, 1.165) is 6.42 Å². The van der Waals surface area contributed by atoms with Gasteiger partial charge in [-0.15, -0.1) is 11.3 Å². The quantitative estimate of drug-likeness (QED) is 0.828. The first-order valence-electron chi connectivity index (χ1n) is 6.31. The fraction of sp³-hybridized carbons (Fsp3) is 0.267. The number of hydrogen-bond donors (Lipinski definition) is 2. The molecule has 2 aromatic rings. The maximum absolute atomic E-state index is 11.3. The second kappa shape index (κ2) is 6.41. The van der Waals surface area contributed by atoms with Crippen molar-refractivity contribution in [2.75, 3.05) is 5.32 Å². The highest BCUT2D eigenvalue weighted by Crippen LogP contribution is 2.26. The molecule has 3 nitrogen and oxygen atoms in total. The molecule has 5 heteroatoms. The number of benzene rings is 1. The van der Waals surface area contributed by atoms with Crippen LogP contribution >= 0.6 is 27.3 Å². The summed E-state index contributed by atoms with van der Waals surface area (Å²) in [5.41, 5.74) is 0.925. The SMILES string of the molecule is Cc1ccc(CC(C)Nc2cccc(Br)c2C(=O)O)s1. The van der Waals surface area contributed by atoms with Crippen LogP contribution in [0.2, 0.25) is 0 Å². The maximum Gasteiger partial charge on any atom is 0.338 e. The second-order valence-corrected chi connectivity index (χ2v) is 6.96. The van der Waals surface area contributed by atoms with E-state index < -0.39 is 5.97 Å². The average molecular weight is 354 g/mol. The van der Waals surface area contributed by atoms with Crippen LogP contribution in [-0.4, -0.2) is 17.1 Å². The summed E-state index contributed by atoms with van der Waals surface area (Å²) in [6.07, 6.45) is 0.879. The largest absolute Gasteiger partial charge is 0.478 e. The van der Waals surface area contributed by atoms with Crippen LogP contribution in [0.5, 0.6) is 0 Å². The van der Waals surface area contributed by atoms with Crippen LogP contribution in [-0.2, 0) is 6.42 Å². The molecule has 1 heterocycles. The van der Waals surface area contributed by atoms with E-state index in [-0.39, 0.29) is 11.6 Å². The molecule has 0 aliphatic rings. The topological polar surface area (TPSA) is 49.3 Å². The molecule has 0 aliphatic heterocycles. The molecule has 0 saturated heterocycles. The summed E-state index contributed by atoms with van der Waals surface area (Å²) in [5, 5.41) is 12.6. The van der Waals surface area contributed by atoms with Crippen molar-refractivity contribution in [1.29, 1.82) is 0 Å². The van der Waals surface area contributed by atoms with Crippen LogP contribution < -0.4 is 5.32 Å². The third-order valence-corrected chi connectivity index (χ3v) is 4.62. The summed E-state index contributed by atoms with van der Waals surface area (Å²) in [6, 6.07) is 9.76. The standard InChI is InChI=1S/C15H16BrNO2S/c1-9(8-11-7-6-10(2)20-11)17-13-5-3-4-12(16)14(13)15(18)19/h3-7,9,17H,8H2,1-2H3,(H,18,19). The minimum atomic E-state index is -0.931. The number of rotatable bonds is 5. The van der Waals surface area contributed by atoms with Gasteiger partial charge in [0.2, 0.25) is 0 Å². The Morgan fingerprint density at radius 3 is 2.75 bits per heavy atom. The van der Waals surface area contributed by atoms with Crippen LogP contribution in [0.25, 0.3) is 0 Å². The molecule has 0 amide bonds. The van der Waals surface area contributed by atoms with Crippen molar-refractivity contribution in [3.05, 3.63) is 50.1 Å². The molecule has 2 rings (SSSR count). The number of thiophene rings is 1. The minimum Gasteiger partial charge on any atom is -0.478 e. The molecule has 2 N–H and O–H groups in total. The Morgan fingerprint density at radius 2 is 2.15 bits per heavy atom. The van der Waals surface area contributed by atoms with Gasteiger partial charge in [0.25, 0.3) is 0 Å². The Kier molecular flexibility index (Phi) is 4.83. The van der Waals surface area contributed by atoms with Crippen LogP contribution in [0.3, 0.4) is 0 Å². The highest BCUT2D eigenvalue weighted by Gasteiger charge is 2.15. The molecule has 106 valence electrons. The van der Waals surface area contributed by atoms with E-state index >= 15 is 0 Å². The number of carbonyl (C=O) groups is 1. The fourth-order valence-electron chi connectivity index (χ4n) is 2.07. The molecule has 1 atom stereocenters. The van der Waals surface area contributed by atoms with Crippen LogP contribution in [0, 0.1) is 6.92 Å². The van der Waals surface area contributed by atoms with E-state index in [4.69, 9.17) is 0 Å². The first-order chi connectivity index (χ1) is 9.47. The van der Waals surface area contributed by atoms with Crippen LogP contribution in [0.4, 0.5) is 5.69 Å². The number of nitrogens with one attached hydrogen (secondary N) is 1. The van der Waals surface area contributed by atoms with Gasteiger partial charge in [-0.2, -0.15) is 0 Å². The lowest BCUT2D eigenvalue weighted by molar-refractivity contribution is 0.0697. The molecule has 1 aromatic carbocycles. The van der Waals surface area contributed by atoms with Gasteiger partial charge in [0, 0.05) is 26.7 Å². The van der Waals surface area contributed by atoms with Crippen molar-refractivity contribution in [3.63, 3.8) is 0 Å². The molecule has 20 heavy (non-hydrogen) atoms. The van der Waals surface area contributed by atoms with Crippen molar-refractivity contribution >= 4 is 38.9 Å². The monoisotopic (exact) mass is 353 g/mol. The third-order valence-electron chi connectivity index (χ3n) is 2.93. The second-order valence-electron chi connectivity index (χ2n) is 4.73. The number of halogens is 1. The highest BCUT2D eigenvalue weighted by atomic mass is 79.9. The van der Waals surface area contributed by atoms with Gasteiger partial charge in [0.15, 0.2) is 0 Å². The molecule has 0 saturated carbocycles. The van der Waals surface area contributed by atoms with Gasteiger partial charge >= 0.3 is 5.97 Å². The molecule has 0 spiro atoms. The Morgan fingerprint density at radius 1 is 1.40 bits per heavy atom. The summed E-state index contributed by atoms with van der Waals surface area (Å²) in [5.74, 6) is -0.931. The molecular weight excluding hydrogens is 338 g/mol. The Balaban J connectivity index is 2.13. The van der Waals surface area contributed by atoms with E-state index in [1.807, 2.05) is 6.07 Å². The minimum absolute atomic E-state index is 0.167. The van der Waals surface area contributed by atoms with Crippen molar-refractivity contribution in [2.24, 2.45) is 0 Å². The van der Waals surface area contributed by atoms with Crippen LogP contribution in [0.1, 0.15) is 27.0 Å². The number of hydrogen-bond acceptors (Lipinski definition) is 3. The zero-order valence-electron chi connectivity index (χ0n) is 11.3. The first kappa shape index (κ1) is 15.1. The summed E-state index contributed by atoms with van der Waals surface area (Å²) in [4.78, 5) is 13.9. The Bertz CT molecular complexity index is 624. The van der Waals surface area contributed by atoms with Gasteiger partial charge in [0.05, 0.1) is 11.3 Å². The van der Waals surface area contributed by atoms with Gasteiger partial charge in [0.1, 0.15) is 0 Å². The number of aromatic carboxylic acids is 1. The summed E-state index contributed by atoms with van der Waals surface area (Å²) in [7, 11) is 0. The molecule has 0 bridgehead atoms. The highest BCUT2D eigenvalue weighted by molar-refractivity contribution is 9.10. The Labute approximate surface area is 130 Å². The summed E-state index contributed by atoms with van der Waals surface area (Å²) >= 11 is 5.06. The van der Waals surface area contributed by atoms with Crippen molar-refractivity contribution in [3.8, 4) is 0 Å². The molecule has 0 aliphatic carbocycles. The summed E-state index contributed by atoms with van der Waals surface area (Å²) in [6.45, 7) is 4.14. The van der Waals surface area contributed by atoms with Gasteiger partial charge in [-0.3, -0.25) is 0 Å². The average Bonchev–Trinajstić information content (AvgIpc) is 2.74. The van der Waals surface area contributed by atoms with Gasteiger partial charge < -0.3 is 10.4 Å². The van der Waals surface area contributed by atoms with Crippen molar-refractivity contribution < 1.29 is 9.90 Å². The number of anilines is 1. The lowest BCUT2D eigenvalue weighted by Crippen LogP contribution is -2.19.